The van der Waals surface area contributed by atoms with Crippen LogP contribution in [0.1, 0.15) is 38.3 Å². The minimum absolute atomic E-state index is 0.124. The minimum atomic E-state index is -4.36. The number of hydrogen-bond acceptors (Lipinski definition) is 4. The molecule has 1 aromatic carbocycles. The molecule has 1 saturated heterocycles. The Morgan fingerprint density at radius 2 is 1.85 bits per heavy atom. The molecule has 5 nitrogen and oxygen atoms in total. The van der Waals surface area contributed by atoms with Gasteiger partial charge in [-0.15, -0.1) is 0 Å². The molecular formula is C18H25F3N2O3. The molecule has 1 fully saturated rings. The summed E-state index contributed by atoms with van der Waals surface area (Å²) in [6, 6.07) is 4.55. The Morgan fingerprint density at radius 3 is 2.38 bits per heavy atom. The Kier molecular flexibility index (Phi) is 6.18. The van der Waals surface area contributed by atoms with Crippen LogP contribution in [0.25, 0.3) is 0 Å². The summed E-state index contributed by atoms with van der Waals surface area (Å²) in [6.45, 7) is 6.27. The number of likely N-dealkylation sites (tertiary alicyclic amines) is 1. The Bertz CT molecular complexity index is 612. The first-order valence-electron chi connectivity index (χ1n) is 8.47. The highest BCUT2D eigenvalue weighted by atomic mass is 19.4. The van der Waals surface area contributed by atoms with Gasteiger partial charge in [0, 0.05) is 12.6 Å². The van der Waals surface area contributed by atoms with Gasteiger partial charge in [0.25, 0.3) is 0 Å². The van der Waals surface area contributed by atoms with E-state index in [-0.39, 0.29) is 19.2 Å². The van der Waals surface area contributed by atoms with Crippen LogP contribution in [0.4, 0.5) is 18.0 Å². The van der Waals surface area contributed by atoms with Crippen LogP contribution >= 0.6 is 0 Å². The molecule has 0 unspecified atom stereocenters. The lowest BCUT2D eigenvalue weighted by atomic mass is 10.0. The second-order valence-corrected chi connectivity index (χ2v) is 7.42. The first kappa shape index (κ1) is 20.5. The fourth-order valence-corrected chi connectivity index (χ4v) is 2.60. The Hall–Kier alpha value is -1.80. The van der Waals surface area contributed by atoms with Crippen molar-refractivity contribution in [3.8, 4) is 0 Å². The zero-order chi connectivity index (χ0) is 19.5. The average molecular weight is 374 g/mol. The standard InChI is InChI=1S/C18H25F3N2O3/c1-17(2,3)26-16(24)23-9-8-14(22)15(10-23)25-11-12-4-6-13(7-5-12)18(19,20)21/h4-7,14-15H,8-11,22H2,1-3H3/t14-,15-/m1/s1. The van der Waals surface area contributed by atoms with Crippen LogP contribution in [-0.2, 0) is 22.3 Å². The topological polar surface area (TPSA) is 64.8 Å². The number of carbonyl (C=O) groups excluding carboxylic acids is 1. The van der Waals surface area contributed by atoms with Gasteiger partial charge in [-0.05, 0) is 44.9 Å². The molecule has 1 amide bonds. The lowest BCUT2D eigenvalue weighted by molar-refractivity contribution is -0.137. The number of amides is 1. The van der Waals surface area contributed by atoms with Crippen LogP contribution in [0.2, 0.25) is 0 Å². The summed E-state index contributed by atoms with van der Waals surface area (Å²) in [6.07, 6.45) is -4.62. The maximum Gasteiger partial charge on any atom is 0.416 e. The number of benzene rings is 1. The van der Waals surface area contributed by atoms with E-state index in [0.717, 1.165) is 12.1 Å². The summed E-state index contributed by atoms with van der Waals surface area (Å²) in [5.41, 5.74) is 5.38. The van der Waals surface area contributed by atoms with Crippen LogP contribution in [0.15, 0.2) is 24.3 Å². The van der Waals surface area contributed by atoms with Gasteiger partial charge in [-0.25, -0.2) is 4.79 Å². The molecule has 0 spiro atoms. The van der Waals surface area contributed by atoms with Gasteiger partial charge in [0.2, 0.25) is 0 Å². The van der Waals surface area contributed by atoms with E-state index in [0.29, 0.717) is 18.5 Å². The van der Waals surface area contributed by atoms with Crippen LogP contribution in [-0.4, -0.2) is 41.8 Å². The third-order valence-electron chi connectivity index (χ3n) is 4.01. The number of alkyl halides is 3. The lowest BCUT2D eigenvalue weighted by Crippen LogP contribution is -2.54. The van der Waals surface area contributed by atoms with Crippen LogP contribution < -0.4 is 5.73 Å². The second-order valence-electron chi connectivity index (χ2n) is 7.42. The zero-order valence-electron chi connectivity index (χ0n) is 15.2. The number of nitrogens with zero attached hydrogens (tertiary/aromatic N) is 1. The Morgan fingerprint density at radius 1 is 1.23 bits per heavy atom. The van der Waals surface area contributed by atoms with Crippen molar-refractivity contribution in [1.82, 2.24) is 4.90 Å². The predicted octanol–water partition coefficient (Wildman–Crippen LogP) is 3.56. The molecule has 1 aliphatic rings. The average Bonchev–Trinajstić information content (AvgIpc) is 2.52. The minimum Gasteiger partial charge on any atom is -0.444 e. The van der Waals surface area contributed by atoms with E-state index in [4.69, 9.17) is 15.2 Å². The van der Waals surface area contributed by atoms with Gasteiger partial charge in [0.05, 0.1) is 24.8 Å². The summed E-state index contributed by atoms with van der Waals surface area (Å²) in [5.74, 6) is 0. The van der Waals surface area contributed by atoms with Crippen molar-refractivity contribution in [3.05, 3.63) is 35.4 Å². The van der Waals surface area contributed by atoms with Crippen molar-refractivity contribution in [3.63, 3.8) is 0 Å². The fraction of sp³-hybridized carbons (Fsp3) is 0.611. The van der Waals surface area contributed by atoms with E-state index in [1.165, 1.54) is 12.1 Å². The highest BCUT2D eigenvalue weighted by Gasteiger charge is 2.33. The van der Waals surface area contributed by atoms with Gasteiger partial charge in [-0.2, -0.15) is 13.2 Å². The van der Waals surface area contributed by atoms with Crippen LogP contribution in [0.5, 0.6) is 0 Å². The SMILES string of the molecule is CC(C)(C)OC(=O)N1CC[C@@H](N)[C@H](OCc2ccc(C(F)(F)F)cc2)C1. The maximum atomic E-state index is 12.6. The molecular weight excluding hydrogens is 349 g/mol. The molecule has 2 atom stereocenters. The molecule has 2 rings (SSSR count). The Balaban J connectivity index is 1.92. The fourth-order valence-electron chi connectivity index (χ4n) is 2.60. The van der Waals surface area contributed by atoms with E-state index in [1.807, 2.05) is 0 Å². The third-order valence-corrected chi connectivity index (χ3v) is 4.01. The molecule has 146 valence electrons. The maximum absolute atomic E-state index is 12.6. The molecule has 8 heteroatoms. The molecule has 26 heavy (non-hydrogen) atoms. The van der Waals surface area contributed by atoms with Crippen molar-refractivity contribution in [2.75, 3.05) is 13.1 Å². The molecule has 0 aromatic heterocycles. The normalized spacial score (nSPS) is 21.6. The highest BCUT2D eigenvalue weighted by Crippen LogP contribution is 2.29. The van der Waals surface area contributed by atoms with Gasteiger partial charge < -0.3 is 20.1 Å². The van der Waals surface area contributed by atoms with Crippen molar-refractivity contribution < 1.29 is 27.4 Å². The number of piperidine rings is 1. The molecule has 0 bridgehead atoms. The second kappa shape index (κ2) is 7.84. The first-order chi connectivity index (χ1) is 12.0. The molecule has 0 saturated carbocycles. The first-order valence-corrected chi connectivity index (χ1v) is 8.47. The molecule has 1 heterocycles. The van der Waals surface area contributed by atoms with E-state index in [2.05, 4.69) is 0 Å². The predicted molar refractivity (Wildman–Crippen MR) is 90.4 cm³/mol. The van der Waals surface area contributed by atoms with Crippen LogP contribution in [0.3, 0.4) is 0 Å². The molecule has 1 aromatic rings. The lowest BCUT2D eigenvalue weighted by Gasteiger charge is -2.37. The van der Waals surface area contributed by atoms with Gasteiger partial charge >= 0.3 is 12.3 Å². The number of nitrogens with two attached hydrogens (primary N) is 1. The number of hydrogen-bond donors (Lipinski definition) is 1. The summed E-state index contributed by atoms with van der Waals surface area (Å²) in [4.78, 5) is 13.7. The molecule has 1 aliphatic heterocycles. The number of rotatable bonds is 3. The summed E-state index contributed by atoms with van der Waals surface area (Å²) < 4.78 is 48.9. The highest BCUT2D eigenvalue weighted by molar-refractivity contribution is 5.68. The van der Waals surface area contributed by atoms with Crippen molar-refractivity contribution in [2.24, 2.45) is 5.73 Å². The third kappa shape index (κ3) is 5.88. The van der Waals surface area contributed by atoms with E-state index in [1.54, 1.807) is 25.7 Å². The molecule has 0 aliphatic carbocycles. The van der Waals surface area contributed by atoms with Gasteiger partial charge in [0.1, 0.15) is 5.60 Å². The number of halogens is 3. The Labute approximate surface area is 151 Å². The van der Waals surface area contributed by atoms with Crippen molar-refractivity contribution >= 4 is 6.09 Å². The monoisotopic (exact) mass is 374 g/mol. The smallest absolute Gasteiger partial charge is 0.416 e. The van der Waals surface area contributed by atoms with Gasteiger partial charge in [-0.1, -0.05) is 12.1 Å². The van der Waals surface area contributed by atoms with Crippen molar-refractivity contribution in [1.29, 1.82) is 0 Å². The van der Waals surface area contributed by atoms with E-state index in [9.17, 15) is 18.0 Å². The summed E-state index contributed by atoms with van der Waals surface area (Å²) in [7, 11) is 0. The van der Waals surface area contributed by atoms with Gasteiger partial charge in [-0.3, -0.25) is 0 Å². The van der Waals surface area contributed by atoms with Gasteiger partial charge in [0.15, 0.2) is 0 Å². The largest absolute Gasteiger partial charge is 0.444 e. The van der Waals surface area contributed by atoms with Crippen LogP contribution in [0, 0.1) is 0 Å². The van der Waals surface area contributed by atoms with Crippen molar-refractivity contribution in [2.45, 2.75) is 57.7 Å². The molecule has 2 N–H and O–H groups in total. The summed E-state index contributed by atoms with van der Waals surface area (Å²) >= 11 is 0. The number of ether oxygens (including phenoxy) is 2. The van der Waals surface area contributed by atoms with E-state index >= 15 is 0 Å². The van der Waals surface area contributed by atoms with E-state index < -0.39 is 29.5 Å². The zero-order valence-corrected chi connectivity index (χ0v) is 15.2. The number of carbonyl (C=O) groups is 1. The quantitative estimate of drug-likeness (QED) is 0.879. The summed E-state index contributed by atoms with van der Waals surface area (Å²) in [5, 5.41) is 0. The molecule has 0 radical (unpaired) electrons.